The van der Waals surface area contributed by atoms with Crippen molar-refractivity contribution in [1.82, 2.24) is 15.0 Å². The van der Waals surface area contributed by atoms with Crippen LogP contribution in [0.15, 0.2) is 45.4 Å². The molecule has 0 spiro atoms. The van der Waals surface area contributed by atoms with Gasteiger partial charge >= 0.3 is 0 Å². The molecule has 15 heavy (non-hydrogen) atoms. The molecule has 0 bridgehead atoms. The van der Waals surface area contributed by atoms with Gasteiger partial charge in [-0.1, -0.05) is 0 Å². The smallest absolute Gasteiger partial charge is 0.121 e. The molecule has 0 fully saturated rings. The average Bonchev–Trinajstić information content (AvgIpc) is 2.24. The molecule has 0 radical (unpaired) electrons. The Morgan fingerprint density at radius 1 is 1.20 bits per heavy atom. The Hall–Kier alpha value is -1.14. The van der Waals surface area contributed by atoms with E-state index in [2.05, 4.69) is 30.9 Å². The molecule has 0 aliphatic rings. The van der Waals surface area contributed by atoms with Gasteiger partial charge in [-0.3, -0.25) is 4.98 Å². The van der Waals surface area contributed by atoms with Gasteiger partial charge in [0, 0.05) is 12.4 Å². The zero-order valence-corrected chi connectivity index (χ0v) is 9.99. The molecule has 2 N–H and O–H groups in total. The van der Waals surface area contributed by atoms with E-state index in [1.165, 1.54) is 11.8 Å². The lowest BCUT2D eigenvalue weighted by Gasteiger charge is -2.02. The fourth-order valence-corrected chi connectivity index (χ4v) is 2.25. The number of nitrogens with two attached hydrogens (primary N) is 1. The highest BCUT2D eigenvalue weighted by atomic mass is 79.9. The van der Waals surface area contributed by atoms with Crippen molar-refractivity contribution < 1.29 is 0 Å². The van der Waals surface area contributed by atoms with Crippen LogP contribution in [-0.4, -0.2) is 15.0 Å². The van der Waals surface area contributed by atoms with Gasteiger partial charge < -0.3 is 5.73 Å². The Kier molecular flexibility index (Phi) is 3.17. The zero-order chi connectivity index (χ0) is 10.7. The maximum atomic E-state index is 5.59. The molecule has 0 aromatic carbocycles. The van der Waals surface area contributed by atoms with Crippen LogP contribution in [0.4, 0.5) is 5.69 Å². The van der Waals surface area contributed by atoms with Crippen LogP contribution < -0.4 is 5.73 Å². The topological polar surface area (TPSA) is 64.7 Å². The summed E-state index contributed by atoms with van der Waals surface area (Å²) in [5.74, 6) is 0. The molecule has 0 saturated carbocycles. The van der Waals surface area contributed by atoms with E-state index < -0.39 is 0 Å². The molecule has 0 aliphatic heterocycles. The number of hydrogen-bond donors (Lipinski definition) is 1. The van der Waals surface area contributed by atoms with Crippen LogP contribution in [0, 0.1) is 0 Å². The summed E-state index contributed by atoms with van der Waals surface area (Å²) >= 11 is 4.83. The van der Waals surface area contributed by atoms with Gasteiger partial charge in [-0.05, 0) is 33.8 Å². The number of aromatic nitrogens is 3. The minimum atomic E-state index is 0.630. The van der Waals surface area contributed by atoms with Gasteiger partial charge in [-0.25, -0.2) is 9.97 Å². The van der Waals surface area contributed by atoms with E-state index in [0.717, 1.165) is 14.5 Å². The third-order valence-electron chi connectivity index (χ3n) is 1.57. The summed E-state index contributed by atoms with van der Waals surface area (Å²) in [4.78, 5) is 12.3. The molecule has 2 aromatic heterocycles. The van der Waals surface area contributed by atoms with E-state index in [-0.39, 0.29) is 0 Å². The summed E-state index contributed by atoms with van der Waals surface area (Å²) in [6, 6.07) is 1.81. The fourth-order valence-electron chi connectivity index (χ4n) is 0.952. The third kappa shape index (κ3) is 2.66. The van der Waals surface area contributed by atoms with Crippen molar-refractivity contribution in [2.75, 3.05) is 5.73 Å². The number of halogens is 1. The summed E-state index contributed by atoms with van der Waals surface area (Å²) in [7, 11) is 0. The molecule has 76 valence electrons. The maximum Gasteiger partial charge on any atom is 0.121 e. The molecule has 2 heterocycles. The summed E-state index contributed by atoms with van der Waals surface area (Å²) in [5, 5.41) is 1.63. The van der Waals surface area contributed by atoms with Crippen LogP contribution in [0.2, 0.25) is 0 Å². The Bertz CT molecular complexity index is 463. The van der Waals surface area contributed by atoms with Gasteiger partial charge in [-0.15, -0.1) is 0 Å². The van der Waals surface area contributed by atoms with Crippen molar-refractivity contribution in [1.29, 1.82) is 0 Å². The van der Waals surface area contributed by atoms with Crippen LogP contribution in [0.1, 0.15) is 0 Å². The van der Waals surface area contributed by atoms with Crippen LogP contribution in [0.5, 0.6) is 0 Å². The average molecular weight is 283 g/mol. The van der Waals surface area contributed by atoms with E-state index in [9.17, 15) is 0 Å². The molecule has 0 atom stereocenters. The summed E-state index contributed by atoms with van der Waals surface area (Å²) < 4.78 is 0.859. The first-order chi connectivity index (χ1) is 7.25. The van der Waals surface area contributed by atoms with Gasteiger partial charge in [0.2, 0.25) is 0 Å². The van der Waals surface area contributed by atoms with Gasteiger partial charge in [0.05, 0.1) is 22.6 Å². The predicted octanol–water partition coefficient (Wildman–Crippen LogP) is 2.37. The van der Waals surface area contributed by atoms with Crippen molar-refractivity contribution >= 4 is 33.4 Å². The van der Waals surface area contributed by atoms with Crippen LogP contribution in [-0.2, 0) is 0 Å². The number of anilines is 1. The molecule has 2 aromatic rings. The third-order valence-corrected chi connectivity index (χ3v) is 3.37. The summed E-state index contributed by atoms with van der Waals surface area (Å²) in [5.41, 5.74) is 6.22. The molecule has 6 heteroatoms. The number of hydrogen-bond acceptors (Lipinski definition) is 5. The van der Waals surface area contributed by atoms with Gasteiger partial charge in [-0.2, -0.15) is 0 Å². The molecule has 2 rings (SSSR count). The van der Waals surface area contributed by atoms with Crippen molar-refractivity contribution in [3.63, 3.8) is 0 Å². The lowest BCUT2D eigenvalue weighted by Crippen LogP contribution is -1.89. The van der Waals surface area contributed by atoms with E-state index in [1.54, 1.807) is 24.8 Å². The standard InChI is InChI=1S/C9H7BrN4S/c10-7-3-6(11)4-14-9(7)15-8-5-12-1-2-13-8/h1-5H,11H2. The molecule has 4 nitrogen and oxygen atoms in total. The first kappa shape index (κ1) is 10.4. The van der Waals surface area contributed by atoms with Gasteiger partial charge in [0.1, 0.15) is 10.1 Å². The number of nitrogen functional groups attached to an aromatic ring is 1. The molecule has 0 aliphatic carbocycles. The van der Waals surface area contributed by atoms with E-state index in [1.807, 2.05) is 6.07 Å². The molecule has 0 unspecified atom stereocenters. The quantitative estimate of drug-likeness (QED) is 0.916. The van der Waals surface area contributed by atoms with Crippen molar-refractivity contribution in [2.45, 2.75) is 10.1 Å². The lowest BCUT2D eigenvalue weighted by atomic mass is 10.4. The van der Waals surface area contributed by atoms with E-state index in [4.69, 9.17) is 5.73 Å². The largest absolute Gasteiger partial charge is 0.397 e. The van der Waals surface area contributed by atoms with Crippen molar-refractivity contribution in [2.24, 2.45) is 0 Å². The summed E-state index contributed by atoms with van der Waals surface area (Å²) in [6.07, 6.45) is 6.58. The first-order valence-corrected chi connectivity index (χ1v) is 5.71. The minimum absolute atomic E-state index is 0.630. The van der Waals surface area contributed by atoms with Crippen molar-refractivity contribution in [3.05, 3.63) is 35.3 Å². The lowest BCUT2D eigenvalue weighted by molar-refractivity contribution is 1.04. The highest BCUT2D eigenvalue weighted by molar-refractivity contribution is 9.10. The molecule has 0 saturated heterocycles. The maximum absolute atomic E-state index is 5.59. The highest BCUT2D eigenvalue weighted by Gasteiger charge is 2.05. The Morgan fingerprint density at radius 3 is 2.73 bits per heavy atom. The second-order valence-corrected chi connectivity index (χ2v) is 4.56. The predicted molar refractivity (Wildman–Crippen MR) is 62.5 cm³/mol. The highest BCUT2D eigenvalue weighted by Crippen LogP contribution is 2.30. The van der Waals surface area contributed by atoms with Crippen LogP contribution in [0.3, 0.4) is 0 Å². The van der Waals surface area contributed by atoms with Gasteiger partial charge in [0.15, 0.2) is 0 Å². The zero-order valence-electron chi connectivity index (χ0n) is 7.59. The van der Waals surface area contributed by atoms with Crippen LogP contribution in [0.25, 0.3) is 0 Å². The molecule has 0 amide bonds. The normalized spacial score (nSPS) is 10.2. The van der Waals surface area contributed by atoms with Gasteiger partial charge in [0.25, 0.3) is 0 Å². The summed E-state index contributed by atoms with van der Waals surface area (Å²) in [6.45, 7) is 0. The van der Waals surface area contributed by atoms with E-state index in [0.29, 0.717) is 5.69 Å². The second-order valence-electron chi connectivity index (χ2n) is 2.70. The number of pyridine rings is 1. The van der Waals surface area contributed by atoms with Crippen molar-refractivity contribution in [3.8, 4) is 0 Å². The Morgan fingerprint density at radius 2 is 2.07 bits per heavy atom. The number of rotatable bonds is 2. The van der Waals surface area contributed by atoms with Crippen LogP contribution >= 0.6 is 27.7 Å². The molecular formula is C9H7BrN4S. The Balaban J connectivity index is 2.25. The monoisotopic (exact) mass is 282 g/mol. The second kappa shape index (κ2) is 4.59. The minimum Gasteiger partial charge on any atom is -0.397 e. The number of nitrogens with zero attached hydrogens (tertiary/aromatic N) is 3. The SMILES string of the molecule is Nc1cnc(Sc2cnccn2)c(Br)c1. The first-order valence-electron chi connectivity index (χ1n) is 4.10. The Labute approximate surface area is 99.5 Å². The van der Waals surface area contributed by atoms with E-state index >= 15 is 0 Å². The fraction of sp³-hybridized carbons (Fsp3) is 0. The molecular weight excluding hydrogens is 276 g/mol.